The van der Waals surface area contributed by atoms with Crippen LogP contribution in [0.5, 0.6) is 0 Å². The first-order valence-electron chi connectivity index (χ1n) is 7.32. The fraction of sp³-hybridized carbons (Fsp3) is 0.500. The summed E-state index contributed by atoms with van der Waals surface area (Å²) in [5.41, 5.74) is 0.503. The summed E-state index contributed by atoms with van der Waals surface area (Å²) in [7, 11) is 1.29. The number of likely N-dealkylation sites (N-methyl/N-ethyl adjacent to an activating group) is 1. The Morgan fingerprint density at radius 2 is 1.73 bits per heavy atom. The fourth-order valence-corrected chi connectivity index (χ4v) is 2.22. The highest BCUT2D eigenvalue weighted by atomic mass is 19.2. The van der Waals surface area contributed by atoms with Crippen LogP contribution in [0, 0.1) is 11.6 Å². The zero-order valence-corrected chi connectivity index (χ0v) is 13.7. The van der Waals surface area contributed by atoms with Gasteiger partial charge in [-0.1, -0.05) is 12.1 Å². The van der Waals surface area contributed by atoms with Crippen molar-refractivity contribution in [2.45, 2.75) is 38.9 Å². The molecule has 0 atom stereocenters. The summed E-state index contributed by atoms with van der Waals surface area (Å²) in [4.78, 5) is 0. The van der Waals surface area contributed by atoms with Crippen LogP contribution in [-0.2, 0) is 9.31 Å². The van der Waals surface area contributed by atoms with Crippen LogP contribution < -0.4 is 5.32 Å². The highest BCUT2D eigenvalue weighted by molar-refractivity contribution is 6.55. The Hall–Kier alpha value is -1.24. The standard InChI is InChI=1S/C16H22BF2NO2/c1-15(2)16(3,4)22-17(21-15)12(10-20-5)8-11-6-7-13(18)14(19)9-11/h6-9,20H,10H2,1-5H3. The van der Waals surface area contributed by atoms with Crippen molar-refractivity contribution in [1.29, 1.82) is 0 Å². The van der Waals surface area contributed by atoms with E-state index in [4.69, 9.17) is 9.31 Å². The first-order valence-corrected chi connectivity index (χ1v) is 7.32. The van der Waals surface area contributed by atoms with E-state index in [1.165, 1.54) is 6.07 Å². The third-order valence-corrected chi connectivity index (χ3v) is 4.23. The minimum absolute atomic E-state index is 0.446. The van der Waals surface area contributed by atoms with Gasteiger partial charge in [0.25, 0.3) is 0 Å². The van der Waals surface area contributed by atoms with E-state index >= 15 is 0 Å². The lowest BCUT2D eigenvalue weighted by Crippen LogP contribution is -2.41. The Balaban J connectivity index is 2.31. The van der Waals surface area contributed by atoms with Crippen LogP contribution in [0.4, 0.5) is 8.78 Å². The van der Waals surface area contributed by atoms with Crippen molar-refractivity contribution in [3.8, 4) is 0 Å². The Labute approximate surface area is 130 Å². The number of halogens is 2. The van der Waals surface area contributed by atoms with Gasteiger partial charge in [0.1, 0.15) is 0 Å². The topological polar surface area (TPSA) is 30.5 Å². The molecule has 0 unspecified atom stereocenters. The van der Waals surface area contributed by atoms with Gasteiger partial charge in [-0.05, 0) is 57.9 Å². The monoisotopic (exact) mass is 309 g/mol. The summed E-state index contributed by atoms with van der Waals surface area (Å²) in [6, 6.07) is 3.80. The van der Waals surface area contributed by atoms with Crippen LogP contribution >= 0.6 is 0 Å². The van der Waals surface area contributed by atoms with Gasteiger partial charge in [0, 0.05) is 6.54 Å². The van der Waals surface area contributed by atoms with E-state index in [0.29, 0.717) is 12.1 Å². The van der Waals surface area contributed by atoms with E-state index in [9.17, 15) is 8.78 Å². The predicted molar refractivity (Wildman–Crippen MR) is 84.3 cm³/mol. The van der Waals surface area contributed by atoms with E-state index in [-0.39, 0.29) is 0 Å². The van der Waals surface area contributed by atoms with Gasteiger partial charge >= 0.3 is 7.12 Å². The highest BCUT2D eigenvalue weighted by Crippen LogP contribution is 2.38. The number of hydrogen-bond donors (Lipinski definition) is 1. The van der Waals surface area contributed by atoms with Crippen molar-refractivity contribution in [3.05, 3.63) is 40.9 Å². The van der Waals surface area contributed by atoms with E-state index in [1.54, 1.807) is 6.08 Å². The van der Waals surface area contributed by atoms with Crippen molar-refractivity contribution in [2.24, 2.45) is 0 Å². The minimum atomic E-state index is -0.869. The highest BCUT2D eigenvalue weighted by Gasteiger charge is 2.52. The summed E-state index contributed by atoms with van der Waals surface area (Å²) in [5, 5.41) is 3.05. The summed E-state index contributed by atoms with van der Waals surface area (Å²) in [6.07, 6.45) is 1.77. The smallest absolute Gasteiger partial charge is 0.400 e. The molecule has 6 heteroatoms. The van der Waals surface area contributed by atoms with E-state index in [2.05, 4.69) is 5.32 Å². The predicted octanol–water partition coefficient (Wildman–Crippen LogP) is 3.20. The van der Waals surface area contributed by atoms with Crippen LogP contribution in [0.2, 0.25) is 0 Å². The van der Waals surface area contributed by atoms with Gasteiger partial charge in [-0.2, -0.15) is 0 Å². The quantitative estimate of drug-likeness (QED) is 0.867. The van der Waals surface area contributed by atoms with Crippen molar-refractivity contribution in [2.75, 3.05) is 13.6 Å². The molecule has 1 saturated heterocycles. The molecule has 1 aliphatic rings. The molecule has 3 nitrogen and oxygen atoms in total. The molecule has 120 valence electrons. The normalized spacial score (nSPS) is 20.5. The minimum Gasteiger partial charge on any atom is -0.400 e. The van der Waals surface area contributed by atoms with Crippen LogP contribution in [0.25, 0.3) is 6.08 Å². The first-order chi connectivity index (χ1) is 10.2. The van der Waals surface area contributed by atoms with Crippen molar-refractivity contribution in [3.63, 3.8) is 0 Å². The maximum atomic E-state index is 13.4. The summed E-state index contributed by atoms with van der Waals surface area (Å²) in [6.45, 7) is 8.42. The second-order valence-corrected chi connectivity index (χ2v) is 6.51. The zero-order valence-electron chi connectivity index (χ0n) is 13.7. The van der Waals surface area contributed by atoms with E-state index in [1.807, 2.05) is 34.7 Å². The molecule has 0 amide bonds. The van der Waals surface area contributed by atoms with Gasteiger partial charge in [-0.25, -0.2) is 8.78 Å². The lowest BCUT2D eigenvalue weighted by atomic mass is 9.77. The molecular formula is C16H22BF2NO2. The molecule has 1 fully saturated rings. The molecule has 1 N–H and O–H groups in total. The lowest BCUT2D eigenvalue weighted by molar-refractivity contribution is 0.00578. The van der Waals surface area contributed by atoms with Gasteiger partial charge in [0.05, 0.1) is 11.2 Å². The molecule has 2 rings (SSSR count). The van der Waals surface area contributed by atoms with Gasteiger partial charge in [0.2, 0.25) is 0 Å². The SMILES string of the molecule is CNCC(=Cc1ccc(F)c(F)c1)B1OC(C)(C)C(C)(C)O1. The Bertz CT molecular complexity index is 572. The summed E-state index contributed by atoms with van der Waals surface area (Å²) in [5.74, 6) is -1.73. The average molecular weight is 309 g/mol. The van der Waals surface area contributed by atoms with Crippen LogP contribution in [0.15, 0.2) is 23.7 Å². The number of benzene rings is 1. The van der Waals surface area contributed by atoms with Gasteiger partial charge < -0.3 is 14.6 Å². The van der Waals surface area contributed by atoms with Gasteiger partial charge in [-0.3, -0.25) is 0 Å². The Morgan fingerprint density at radius 3 is 2.23 bits per heavy atom. The van der Waals surface area contributed by atoms with Crippen molar-refractivity contribution < 1.29 is 18.1 Å². The zero-order chi connectivity index (χ0) is 16.5. The molecule has 0 bridgehead atoms. The first kappa shape index (κ1) is 17.1. The number of rotatable bonds is 4. The molecule has 0 saturated carbocycles. The van der Waals surface area contributed by atoms with Crippen molar-refractivity contribution in [1.82, 2.24) is 5.32 Å². The number of nitrogens with one attached hydrogen (secondary N) is 1. The molecule has 1 aromatic rings. The molecule has 0 aromatic heterocycles. The molecule has 0 radical (unpaired) electrons. The Kier molecular flexibility index (Phi) is 4.75. The molecular weight excluding hydrogens is 287 g/mol. The second-order valence-electron chi connectivity index (χ2n) is 6.51. The maximum absolute atomic E-state index is 13.4. The molecule has 0 aliphatic carbocycles. The summed E-state index contributed by atoms with van der Waals surface area (Å²) < 4.78 is 38.4. The second kappa shape index (κ2) is 6.10. The van der Waals surface area contributed by atoms with Gasteiger partial charge in [-0.15, -0.1) is 0 Å². The molecule has 0 spiro atoms. The summed E-state index contributed by atoms with van der Waals surface area (Å²) >= 11 is 0. The molecule has 1 heterocycles. The largest absolute Gasteiger partial charge is 0.491 e. The lowest BCUT2D eigenvalue weighted by Gasteiger charge is -2.32. The fourth-order valence-electron chi connectivity index (χ4n) is 2.22. The Morgan fingerprint density at radius 1 is 1.14 bits per heavy atom. The van der Waals surface area contributed by atoms with Crippen LogP contribution in [0.3, 0.4) is 0 Å². The third-order valence-electron chi connectivity index (χ3n) is 4.23. The van der Waals surface area contributed by atoms with Crippen LogP contribution in [-0.4, -0.2) is 31.9 Å². The van der Waals surface area contributed by atoms with Crippen LogP contribution in [0.1, 0.15) is 33.3 Å². The average Bonchev–Trinajstić information content (AvgIpc) is 2.62. The van der Waals surface area contributed by atoms with Crippen molar-refractivity contribution >= 4 is 13.2 Å². The molecule has 22 heavy (non-hydrogen) atoms. The molecule has 1 aliphatic heterocycles. The third kappa shape index (κ3) is 3.40. The number of hydrogen-bond acceptors (Lipinski definition) is 3. The maximum Gasteiger partial charge on any atom is 0.491 e. The van der Waals surface area contributed by atoms with E-state index < -0.39 is 30.0 Å². The van der Waals surface area contributed by atoms with Gasteiger partial charge in [0.15, 0.2) is 11.6 Å². The van der Waals surface area contributed by atoms with E-state index in [0.717, 1.165) is 17.6 Å². The molecule has 1 aromatic carbocycles.